The summed E-state index contributed by atoms with van der Waals surface area (Å²) in [5, 5.41) is 3.32. The zero-order chi connectivity index (χ0) is 15.4. The van der Waals surface area contributed by atoms with Gasteiger partial charge in [0.15, 0.2) is 0 Å². The first-order valence-corrected chi connectivity index (χ1v) is 8.08. The maximum absolute atomic E-state index is 4.67. The van der Waals surface area contributed by atoms with E-state index in [4.69, 9.17) is 0 Å². The number of hydrogen-bond acceptors (Lipinski definition) is 4. The van der Waals surface area contributed by atoms with Crippen molar-refractivity contribution >= 4 is 11.8 Å². The van der Waals surface area contributed by atoms with Crippen LogP contribution in [0.4, 0.5) is 11.8 Å². The first-order valence-electron chi connectivity index (χ1n) is 8.08. The van der Waals surface area contributed by atoms with Crippen molar-refractivity contribution in [2.24, 2.45) is 5.92 Å². The molecule has 1 aliphatic rings. The molecule has 4 nitrogen and oxygen atoms in total. The average Bonchev–Trinajstić information content (AvgIpc) is 2.55. The van der Waals surface area contributed by atoms with Crippen LogP contribution in [0.5, 0.6) is 0 Å². The minimum atomic E-state index is 0.705. The normalized spacial score (nSPS) is 18.3. The van der Waals surface area contributed by atoms with Crippen molar-refractivity contribution in [1.29, 1.82) is 0 Å². The summed E-state index contributed by atoms with van der Waals surface area (Å²) in [5.74, 6) is 2.48. The second-order valence-electron chi connectivity index (χ2n) is 6.27. The highest BCUT2D eigenvalue weighted by molar-refractivity contribution is 5.43. The Morgan fingerprint density at radius 1 is 1.23 bits per heavy atom. The fourth-order valence-corrected chi connectivity index (χ4v) is 2.90. The molecule has 1 aliphatic heterocycles. The van der Waals surface area contributed by atoms with Crippen LogP contribution in [-0.4, -0.2) is 23.1 Å². The summed E-state index contributed by atoms with van der Waals surface area (Å²) in [5.41, 5.74) is 2.52. The molecule has 0 amide bonds. The van der Waals surface area contributed by atoms with Gasteiger partial charge in [-0.2, -0.15) is 4.98 Å². The monoisotopic (exact) mass is 296 g/mol. The number of hydrogen-bond donors (Lipinski definition) is 1. The van der Waals surface area contributed by atoms with Crippen LogP contribution in [0.25, 0.3) is 0 Å². The Hall–Kier alpha value is -2.10. The van der Waals surface area contributed by atoms with Crippen LogP contribution in [0.1, 0.15) is 30.9 Å². The van der Waals surface area contributed by atoms with Gasteiger partial charge in [-0.05, 0) is 37.3 Å². The van der Waals surface area contributed by atoms with Crippen LogP contribution in [0, 0.1) is 12.8 Å². The second kappa shape index (κ2) is 6.77. The molecule has 0 bridgehead atoms. The molecule has 2 aromatic rings. The zero-order valence-corrected chi connectivity index (χ0v) is 13.4. The van der Waals surface area contributed by atoms with Crippen molar-refractivity contribution in [2.75, 3.05) is 23.3 Å². The molecule has 1 atom stereocenters. The van der Waals surface area contributed by atoms with Crippen molar-refractivity contribution in [3.05, 3.63) is 47.7 Å². The third kappa shape index (κ3) is 3.75. The Labute approximate surface area is 132 Å². The molecule has 2 heterocycles. The Bertz CT molecular complexity index is 609. The quantitative estimate of drug-likeness (QED) is 0.935. The van der Waals surface area contributed by atoms with E-state index in [2.05, 4.69) is 58.3 Å². The zero-order valence-electron chi connectivity index (χ0n) is 13.4. The summed E-state index contributed by atoms with van der Waals surface area (Å²) in [6, 6.07) is 10.5. The highest BCUT2D eigenvalue weighted by atomic mass is 15.2. The lowest BCUT2D eigenvalue weighted by Gasteiger charge is -2.31. The first-order chi connectivity index (χ1) is 10.7. The lowest BCUT2D eigenvalue weighted by Crippen LogP contribution is -2.34. The highest BCUT2D eigenvalue weighted by Gasteiger charge is 2.17. The predicted molar refractivity (Wildman–Crippen MR) is 91.1 cm³/mol. The summed E-state index contributed by atoms with van der Waals surface area (Å²) >= 11 is 0. The molecule has 1 aromatic heterocycles. The topological polar surface area (TPSA) is 41.1 Å². The van der Waals surface area contributed by atoms with Crippen LogP contribution in [0.2, 0.25) is 0 Å². The molecule has 3 rings (SSSR count). The maximum atomic E-state index is 4.67. The summed E-state index contributed by atoms with van der Waals surface area (Å²) in [6.07, 6.45) is 4.41. The summed E-state index contributed by atoms with van der Waals surface area (Å²) < 4.78 is 0. The average molecular weight is 296 g/mol. The largest absolute Gasteiger partial charge is 0.356 e. The Kier molecular flexibility index (Phi) is 4.56. The van der Waals surface area contributed by atoms with Crippen LogP contribution >= 0.6 is 0 Å². The molecule has 22 heavy (non-hydrogen) atoms. The van der Waals surface area contributed by atoms with E-state index in [9.17, 15) is 0 Å². The summed E-state index contributed by atoms with van der Waals surface area (Å²) in [6.45, 7) is 7.35. The van der Waals surface area contributed by atoms with Gasteiger partial charge in [0.05, 0.1) is 0 Å². The fourth-order valence-electron chi connectivity index (χ4n) is 2.90. The van der Waals surface area contributed by atoms with Crippen molar-refractivity contribution in [2.45, 2.75) is 33.2 Å². The van der Waals surface area contributed by atoms with Gasteiger partial charge in [0.1, 0.15) is 5.82 Å². The van der Waals surface area contributed by atoms with Gasteiger partial charge in [-0.15, -0.1) is 0 Å². The molecule has 0 aliphatic carbocycles. The summed E-state index contributed by atoms with van der Waals surface area (Å²) in [7, 11) is 0. The van der Waals surface area contributed by atoms with E-state index in [-0.39, 0.29) is 0 Å². The molecule has 1 fully saturated rings. The third-order valence-electron chi connectivity index (χ3n) is 4.19. The maximum Gasteiger partial charge on any atom is 0.224 e. The molecule has 4 heteroatoms. The van der Waals surface area contributed by atoms with Crippen molar-refractivity contribution < 1.29 is 0 Å². The number of nitrogens with zero attached hydrogens (tertiary/aromatic N) is 3. The van der Waals surface area contributed by atoms with E-state index < -0.39 is 0 Å². The molecular weight excluding hydrogens is 272 g/mol. The Balaban J connectivity index is 1.64. The number of benzene rings is 1. The lowest BCUT2D eigenvalue weighted by atomic mass is 10.0. The molecule has 1 aromatic carbocycles. The molecule has 0 radical (unpaired) electrons. The Morgan fingerprint density at radius 3 is 2.82 bits per heavy atom. The van der Waals surface area contributed by atoms with E-state index in [1.807, 2.05) is 12.3 Å². The minimum absolute atomic E-state index is 0.705. The van der Waals surface area contributed by atoms with Crippen molar-refractivity contribution in [3.63, 3.8) is 0 Å². The van der Waals surface area contributed by atoms with Gasteiger partial charge in [0, 0.05) is 25.8 Å². The smallest absolute Gasteiger partial charge is 0.224 e. The van der Waals surface area contributed by atoms with Gasteiger partial charge in [-0.3, -0.25) is 0 Å². The Morgan fingerprint density at radius 2 is 2.05 bits per heavy atom. The van der Waals surface area contributed by atoms with Gasteiger partial charge in [-0.25, -0.2) is 4.98 Å². The van der Waals surface area contributed by atoms with Gasteiger partial charge in [-0.1, -0.05) is 36.8 Å². The first kappa shape index (κ1) is 14.8. The predicted octanol–water partition coefficient (Wildman–Crippen LogP) is 3.63. The molecule has 1 saturated heterocycles. The molecule has 0 saturated carbocycles. The van der Waals surface area contributed by atoms with Gasteiger partial charge >= 0.3 is 0 Å². The van der Waals surface area contributed by atoms with Crippen LogP contribution in [0.3, 0.4) is 0 Å². The van der Waals surface area contributed by atoms with E-state index in [0.29, 0.717) is 5.95 Å². The lowest BCUT2D eigenvalue weighted by molar-refractivity contribution is 0.444. The van der Waals surface area contributed by atoms with E-state index in [0.717, 1.165) is 31.4 Å². The number of piperidine rings is 1. The fraction of sp³-hybridized carbons (Fsp3) is 0.444. The minimum Gasteiger partial charge on any atom is -0.356 e. The molecule has 116 valence electrons. The molecular formula is C18H24N4. The van der Waals surface area contributed by atoms with Gasteiger partial charge in [0.25, 0.3) is 0 Å². The van der Waals surface area contributed by atoms with Crippen molar-refractivity contribution in [3.8, 4) is 0 Å². The van der Waals surface area contributed by atoms with Gasteiger partial charge in [0.2, 0.25) is 5.95 Å². The number of aromatic nitrogens is 2. The SMILES string of the molecule is Cc1ccc(CNc2nccc(N3CCCC(C)C3)n2)cc1. The van der Waals surface area contributed by atoms with Crippen LogP contribution in [0.15, 0.2) is 36.5 Å². The van der Waals surface area contributed by atoms with E-state index in [1.165, 1.54) is 24.0 Å². The van der Waals surface area contributed by atoms with Crippen LogP contribution < -0.4 is 10.2 Å². The number of aryl methyl sites for hydroxylation is 1. The number of rotatable bonds is 4. The highest BCUT2D eigenvalue weighted by Crippen LogP contribution is 2.21. The van der Waals surface area contributed by atoms with E-state index in [1.54, 1.807) is 0 Å². The number of anilines is 2. The second-order valence-corrected chi connectivity index (χ2v) is 6.27. The van der Waals surface area contributed by atoms with Gasteiger partial charge < -0.3 is 10.2 Å². The molecule has 1 N–H and O–H groups in total. The van der Waals surface area contributed by atoms with Crippen molar-refractivity contribution in [1.82, 2.24) is 9.97 Å². The van der Waals surface area contributed by atoms with E-state index >= 15 is 0 Å². The third-order valence-corrected chi connectivity index (χ3v) is 4.19. The molecule has 0 spiro atoms. The summed E-state index contributed by atoms with van der Waals surface area (Å²) in [4.78, 5) is 11.4. The number of nitrogens with one attached hydrogen (secondary N) is 1. The molecule has 1 unspecified atom stereocenters. The standard InChI is InChI=1S/C18H24N4/c1-14-5-7-16(8-6-14)12-20-18-19-10-9-17(21-18)22-11-3-4-15(2)13-22/h5-10,15H,3-4,11-13H2,1-2H3,(H,19,20,21). The van der Waals surface area contributed by atoms with Crippen LogP contribution in [-0.2, 0) is 6.54 Å².